The lowest BCUT2D eigenvalue weighted by Crippen LogP contribution is -2.29. The number of fused-ring (bicyclic) bond motifs is 1. The van der Waals surface area contributed by atoms with Crippen LogP contribution in [0.4, 0.5) is 4.79 Å². The van der Waals surface area contributed by atoms with Crippen molar-refractivity contribution in [3.63, 3.8) is 0 Å². The highest BCUT2D eigenvalue weighted by Crippen LogP contribution is 2.32. The van der Waals surface area contributed by atoms with Crippen LogP contribution in [0.3, 0.4) is 0 Å². The molecule has 0 fully saturated rings. The Morgan fingerprint density at radius 2 is 2.26 bits per heavy atom. The molecule has 1 atom stereocenters. The Balaban J connectivity index is 1.62. The molecule has 0 bridgehead atoms. The molecular formula is C14H15N3O2. The van der Waals surface area contributed by atoms with Crippen molar-refractivity contribution in [2.75, 3.05) is 0 Å². The number of aromatic nitrogens is 2. The Labute approximate surface area is 111 Å². The lowest BCUT2D eigenvalue weighted by atomic mass is 10.2. The molecule has 1 amide bonds. The van der Waals surface area contributed by atoms with Crippen LogP contribution >= 0.6 is 0 Å². The van der Waals surface area contributed by atoms with E-state index in [0.717, 1.165) is 16.8 Å². The topological polar surface area (TPSA) is 58.2 Å². The number of hydrogen-bond donors (Lipinski definition) is 1. The van der Waals surface area contributed by atoms with Gasteiger partial charge in [-0.15, -0.1) is 0 Å². The number of nitrogens with zero attached hydrogens (tertiary/aromatic N) is 2. The molecular weight excluding hydrogens is 242 g/mol. The van der Waals surface area contributed by atoms with Crippen LogP contribution in [-0.2, 0) is 17.9 Å². The van der Waals surface area contributed by atoms with Crippen LogP contribution in [0.15, 0.2) is 36.5 Å². The monoisotopic (exact) mass is 257 g/mol. The van der Waals surface area contributed by atoms with E-state index < -0.39 is 0 Å². The van der Waals surface area contributed by atoms with Crippen LogP contribution in [0, 0.1) is 0 Å². The molecule has 0 saturated carbocycles. The second-order valence-corrected chi connectivity index (χ2v) is 4.63. The van der Waals surface area contributed by atoms with Gasteiger partial charge in [-0.2, -0.15) is 5.10 Å². The van der Waals surface area contributed by atoms with E-state index in [4.69, 9.17) is 4.74 Å². The molecule has 19 heavy (non-hydrogen) atoms. The Kier molecular flexibility index (Phi) is 2.95. The summed E-state index contributed by atoms with van der Waals surface area (Å²) in [5.74, 6) is 0. The number of carbonyl (C=O) groups is 1. The molecule has 3 rings (SSSR count). The van der Waals surface area contributed by atoms with Gasteiger partial charge in [-0.3, -0.25) is 10.00 Å². The number of amides is 1. The highest BCUT2D eigenvalue weighted by Gasteiger charge is 2.33. The maximum absolute atomic E-state index is 12.1. The second kappa shape index (κ2) is 4.76. The van der Waals surface area contributed by atoms with Crippen molar-refractivity contribution in [1.29, 1.82) is 0 Å². The molecule has 98 valence electrons. The standard InChI is InChI=1S/C14H15N3O2/c1-10-12-7-15-16-13(12)8-17(10)14(18)19-9-11-5-3-2-4-6-11/h2-7,10H,8-9H2,1H3,(H,15,16). The summed E-state index contributed by atoms with van der Waals surface area (Å²) in [6.07, 6.45) is 1.54. The number of nitrogens with one attached hydrogen (secondary N) is 1. The van der Waals surface area contributed by atoms with Crippen molar-refractivity contribution in [1.82, 2.24) is 15.1 Å². The molecule has 2 aromatic rings. The summed E-state index contributed by atoms with van der Waals surface area (Å²) >= 11 is 0. The minimum atomic E-state index is -0.297. The molecule has 5 nitrogen and oxygen atoms in total. The fourth-order valence-electron chi connectivity index (χ4n) is 2.31. The van der Waals surface area contributed by atoms with Gasteiger partial charge < -0.3 is 4.74 Å². The van der Waals surface area contributed by atoms with Crippen molar-refractivity contribution in [3.8, 4) is 0 Å². The van der Waals surface area contributed by atoms with E-state index in [2.05, 4.69) is 10.2 Å². The van der Waals surface area contributed by atoms with Gasteiger partial charge in [-0.1, -0.05) is 30.3 Å². The van der Waals surface area contributed by atoms with Gasteiger partial charge in [0, 0.05) is 11.8 Å². The molecule has 1 N–H and O–H groups in total. The Hall–Kier alpha value is -2.30. The zero-order valence-electron chi connectivity index (χ0n) is 10.7. The molecule has 0 spiro atoms. The van der Waals surface area contributed by atoms with Crippen LogP contribution in [0.2, 0.25) is 0 Å². The maximum Gasteiger partial charge on any atom is 0.410 e. The zero-order valence-corrected chi connectivity index (χ0v) is 10.7. The number of carbonyl (C=O) groups excluding carboxylic acids is 1. The molecule has 2 heterocycles. The number of aromatic amines is 1. The SMILES string of the molecule is CC1c2c[nH]nc2CN1C(=O)OCc1ccccc1. The molecule has 1 aliphatic heterocycles. The first-order valence-corrected chi connectivity index (χ1v) is 6.25. The molecule has 1 aromatic heterocycles. The van der Waals surface area contributed by atoms with Crippen molar-refractivity contribution >= 4 is 6.09 Å². The third kappa shape index (κ3) is 2.19. The first-order valence-electron chi connectivity index (χ1n) is 6.25. The van der Waals surface area contributed by atoms with E-state index in [1.807, 2.05) is 43.5 Å². The smallest absolute Gasteiger partial charge is 0.410 e. The predicted molar refractivity (Wildman–Crippen MR) is 69.2 cm³/mol. The molecule has 5 heteroatoms. The van der Waals surface area contributed by atoms with Gasteiger partial charge in [0.15, 0.2) is 0 Å². The van der Waals surface area contributed by atoms with E-state index in [1.54, 1.807) is 4.90 Å². The van der Waals surface area contributed by atoms with Crippen molar-refractivity contribution in [2.24, 2.45) is 0 Å². The van der Waals surface area contributed by atoms with E-state index >= 15 is 0 Å². The number of rotatable bonds is 2. The summed E-state index contributed by atoms with van der Waals surface area (Å²) < 4.78 is 5.33. The molecule has 0 aliphatic carbocycles. The first kappa shape index (κ1) is 11.8. The van der Waals surface area contributed by atoms with Gasteiger partial charge in [-0.05, 0) is 12.5 Å². The van der Waals surface area contributed by atoms with Crippen molar-refractivity contribution in [2.45, 2.75) is 26.1 Å². The molecule has 0 radical (unpaired) electrons. The van der Waals surface area contributed by atoms with Gasteiger partial charge in [0.1, 0.15) is 6.61 Å². The first-order chi connectivity index (χ1) is 9.25. The Bertz CT molecular complexity index is 579. The van der Waals surface area contributed by atoms with Gasteiger partial charge in [0.05, 0.1) is 18.3 Å². The van der Waals surface area contributed by atoms with Crippen LogP contribution in [-0.4, -0.2) is 21.2 Å². The largest absolute Gasteiger partial charge is 0.445 e. The van der Waals surface area contributed by atoms with Gasteiger partial charge in [0.25, 0.3) is 0 Å². The second-order valence-electron chi connectivity index (χ2n) is 4.63. The van der Waals surface area contributed by atoms with Crippen LogP contribution in [0.5, 0.6) is 0 Å². The highest BCUT2D eigenvalue weighted by molar-refractivity contribution is 5.69. The van der Waals surface area contributed by atoms with Crippen LogP contribution in [0.1, 0.15) is 29.8 Å². The number of hydrogen-bond acceptors (Lipinski definition) is 3. The minimum Gasteiger partial charge on any atom is -0.445 e. The predicted octanol–water partition coefficient (Wildman–Crippen LogP) is 2.62. The highest BCUT2D eigenvalue weighted by atomic mass is 16.6. The average molecular weight is 257 g/mol. The molecule has 1 aliphatic rings. The summed E-state index contributed by atoms with van der Waals surface area (Å²) in [5.41, 5.74) is 2.97. The Morgan fingerprint density at radius 1 is 1.47 bits per heavy atom. The van der Waals surface area contributed by atoms with Gasteiger partial charge >= 0.3 is 6.09 Å². The quantitative estimate of drug-likeness (QED) is 0.899. The minimum absolute atomic E-state index is 0.0111. The molecule has 0 saturated heterocycles. The van der Waals surface area contributed by atoms with Crippen LogP contribution in [0.25, 0.3) is 0 Å². The fraction of sp³-hybridized carbons (Fsp3) is 0.286. The van der Waals surface area contributed by atoms with Crippen LogP contribution < -0.4 is 0 Å². The third-order valence-electron chi connectivity index (χ3n) is 3.43. The molecule has 1 aromatic carbocycles. The summed E-state index contributed by atoms with van der Waals surface area (Å²) in [6.45, 7) is 2.78. The van der Waals surface area contributed by atoms with E-state index in [0.29, 0.717) is 13.2 Å². The van der Waals surface area contributed by atoms with Gasteiger partial charge in [-0.25, -0.2) is 4.79 Å². The van der Waals surface area contributed by atoms with E-state index in [-0.39, 0.29) is 12.1 Å². The number of ether oxygens (including phenoxy) is 1. The molecule has 1 unspecified atom stereocenters. The lowest BCUT2D eigenvalue weighted by Gasteiger charge is -2.21. The fourth-order valence-corrected chi connectivity index (χ4v) is 2.31. The lowest BCUT2D eigenvalue weighted by molar-refractivity contribution is 0.0854. The Morgan fingerprint density at radius 3 is 3.00 bits per heavy atom. The van der Waals surface area contributed by atoms with Crippen molar-refractivity contribution < 1.29 is 9.53 Å². The summed E-state index contributed by atoms with van der Waals surface area (Å²) in [4.78, 5) is 13.8. The number of benzene rings is 1. The average Bonchev–Trinajstić information content (AvgIpc) is 3.01. The maximum atomic E-state index is 12.1. The summed E-state index contributed by atoms with van der Waals surface area (Å²) in [7, 11) is 0. The zero-order chi connectivity index (χ0) is 13.2. The number of H-pyrrole nitrogens is 1. The summed E-state index contributed by atoms with van der Waals surface area (Å²) in [5, 5.41) is 6.94. The normalized spacial score (nSPS) is 17.3. The van der Waals surface area contributed by atoms with E-state index in [9.17, 15) is 4.79 Å². The van der Waals surface area contributed by atoms with Crippen molar-refractivity contribution in [3.05, 3.63) is 53.3 Å². The summed E-state index contributed by atoms with van der Waals surface area (Å²) in [6, 6.07) is 9.68. The third-order valence-corrected chi connectivity index (χ3v) is 3.43. The van der Waals surface area contributed by atoms with E-state index in [1.165, 1.54) is 0 Å². The van der Waals surface area contributed by atoms with Gasteiger partial charge in [0.2, 0.25) is 0 Å².